The third-order valence-electron chi connectivity index (χ3n) is 2.89. The zero-order valence-electron chi connectivity index (χ0n) is 11.4. The molecule has 9 heteroatoms. The molecule has 2 aromatic rings. The average Bonchev–Trinajstić information content (AvgIpc) is 2.77. The van der Waals surface area contributed by atoms with Crippen LogP contribution in [0.2, 0.25) is 10.0 Å². The number of carbonyl (C=O) groups is 1. The lowest BCUT2D eigenvalue weighted by molar-refractivity contribution is -0.137. The second-order valence-corrected chi connectivity index (χ2v) is 5.37. The number of alkyl halides is 3. The predicted molar refractivity (Wildman–Crippen MR) is 77.8 cm³/mol. The number of aryl methyl sites for hydroxylation is 1. The fourth-order valence-electron chi connectivity index (χ4n) is 1.89. The molecule has 0 saturated heterocycles. The first-order valence-electron chi connectivity index (χ1n) is 5.96. The highest BCUT2D eigenvalue weighted by molar-refractivity contribution is 6.38. The Morgan fingerprint density at radius 2 is 1.77 bits per heavy atom. The van der Waals surface area contributed by atoms with Crippen molar-refractivity contribution in [2.45, 2.75) is 13.1 Å². The maximum absolute atomic E-state index is 12.8. The van der Waals surface area contributed by atoms with Crippen LogP contribution < -0.4 is 4.90 Å². The minimum absolute atomic E-state index is 0.0770. The number of hydrogen-bond acceptors (Lipinski definition) is 2. The molecule has 0 N–H and O–H groups in total. The monoisotopic (exact) mass is 351 g/mol. The van der Waals surface area contributed by atoms with E-state index >= 15 is 0 Å². The summed E-state index contributed by atoms with van der Waals surface area (Å²) in [4.78, 5) is 12.1. The highest BCUT2D eigenvalue weighted by atomic mass is 35.5. The van der Waals surface area contributed by atoms with Gasteiger partial charge in [-0.3, -0.25) is 4.79 Å². The van der Waals surface area contributed by atoms with Crippen LogP contribution in [0.5, 0.6) is 0 Å². The zero-order chi connectivity index (χ0) is 16.7. The molecular weight excluding hydrogens is 342 g/mol. The van der Waals surface area contributed by atoms with Crippen LogP contribution in [0.3, 0.4) is 0 Å². The summed E-state index contributed by atoms with van der Waals surface area (Å²) in [5.41, 5.74) is -0.329. The third-order valence-corrected chi connectivity index (χ3v) is 3.46. The van der Waals surface area contributed by atoms with E-state index < -0.39 is 11.7 Å². The van der Waals surface area contributed by atoms with Crippen LogP contribution in [0.4, 0.5) is 19.0 Å². The van der Waals surface area contributed by atoms with Gasteiger partial charge in [-0.15, -0.1) is 0 Å². The molecule has 0 aliphatic rings. The molecule has 0 spiro atoms. The smallest absolute Gasteiger partial charge is 0.302 e. The summed E-state index contributed by atoms with van der Waals surface area (Å²) < 4.78 is 39.5. The topological polar surface area (TPSA) is 38.1 Å². The van der Waals surface area contributed by atoms with E-state index in [0.717, 1.165) is 12.1 Å². The Labute approximate surface area is 134 Å². The largest absolute Gasteiger partial charge is 0.416 e. The van der Waals surface area contributed by atoms with E-state index in [-0.39, 0.29) is 15.7 Å². The Morgan fingerprint density at radius 1 is 1.23 bits per heavy atom. The second-order valence-electron chi connectivity index (χ2n) is 4.56. The molecule has 0 unspecified atom stereocenters. The number of benzene rings is 1. The summed E-state index contributed by atoms with van der Waals surface area (Å²) in [5, 5.41) is 3.69. The van der Waals surface area contributed by atoms with Gasteiger partial charge in [0, 0.05) is 13.1 Å². The van der Waals surface area contributed by atoms with Crippen LogP contribution in [-0.2, 0) is 11.0 Å². The average molecular weight is 352 g/mol. The maximum atomic E-state index is 12.8. The van der Waals surface area contributed by atoms with Crippen molar-refractivity contribution in [3.63, 3.8) is 0 Å². The van der Waals surface area contributed by atoms with Gasteiger partial charge in [0.05, 0.1) is 21.3 Å². The minimum Gasteiger partial charge on any atom is -0.302 e. The Morgan fingerprint density at radius 3 is 2.23 bits per heavy atom. The molecule has 22 heavy (non-hydrogen) atoms. The van der Waals surface area contributed by atoms with E-state index in [4.69, 9.17) is 23.2 Å². The van der Waals surface area contributed by atoms with Gasteiger partial charge in [0.15, 0.2) is 0 Å². The summed E-state index contributed by atoms with van der Waals surface area (Å²) in [7, 11) is 1.48. The van der Waals surface area contributed by atoms with Crippen molar-refractivity contribution < 1.29 is 18.0 Å². The van der Waals surface area contributed by atoms with Gasteiger partial charge in [0.2, 0.25) is 6.41 Å². The van der Waals surface area contributed by atoms with Crippen LogP contribution in [0.1, 0.15) is 11.3 Å². The van der Waals surface area contributed by atoms with Crippen molar-refractivity contribution in [2.75, 3.05) is 11.9 Å². The van der Waals surface area contributed by atoms with Crippen molar-refractivity contribution in [1.82, 2.24) is 9.78 Å². The summed E-state index contributed by atoms with van der Waals surface area (Å²) in [6, 6.07) is 3.12. The number of amides is 1. The van der Waals surface area contributed by atoms with Crippen LogP contribution in [0.25, 0.3) is 5.69 Å². The number of hydrogen-bond donors (Lipinski definition) is 0. The fraction of sp³-hybridized carbons (Fsp3) is 0.231. The normalized spacial score (nSPS) is 11.6. The molecule has 0 radical (unpaired) electrons. The van der Waals surface area contributed by atoms with Gasteiger partial charge in [0.25, 0.3) is 0 Å². The van der Waals surface area contributed by atoms with E-state index in [2.05, 4.69) is 5.10 Å². The molecule has 0 bridgehead atoms. The van der Waals surface area contributed by atoms with E-state index in [1.807, 2.05) is 0 Å². The molecular formula is C13H10Cl2F3N3O. The first-order chi connectivity index (χ1) is 10.1. The van der Waals surface area contributed by atoms with E-state index in [0.29, 0.717) is 17.9 Å². The van der Waals surface area contributed by atoms with Crippen molar-refractivity contribution in [2.24, 2.45) is 0 Å². The zero-order valence-corrected chi connectivity index (χ0v) is 13.0. The van der Waals surface area contributed by atoms with Crippen LogP contribution in [0, 0.1) is 6.92 Å². The number of halogens is 5. The Balaban J connectivity index is 2.67. The van der Waals surface area contributed by atoms with Crippen molar-refractivity contribution in [1.29, 1.82) is 0 Å². The highest BCUT2D eigenvalue weighted by Gasteiger charge is 2.32. The maximum Gasteiger partial charge on any atom is 0.416 e. The molecule has 1 amide bonds. The molecule has 2 rings (SSSR count). The molecule has 0 aliphatic heterocycles. The summed E-state index contributed by atoms with van der Waals surface area (Å²) in [6.45, 7) is 1.67. The number of rotatable bonds is 3. The quantitative estimate of drug-likeness (QED) is 0.780. The van der Waals surface area contributed by atoms with Gasteiger partial charge in [0.1, 0.15) is 11.5 Å². The first kappa shape index (κ1) is 16.6. The Bertz CT molecular complexity index is 705. The SMILES string of the molecule is Cc1cc(N(C)C=O)n(-c2c(Cl)cc(C(F)(F)F)cc2Cl)n1. The molecule has 0 aliphatic carbocycles. The lowest BCUT2D eigenvalue weighted by Gasteiger charge is -2.17. The van der Waals surface area contributed by atoms with Gasteiger partial charge >= 0.3 is 6.18 Å². The number of aromatic nitrogens is 2. The van der Waals surface area contributed by atoms with Crippen molar-refractivity contribution in [3.8, 4) is 5.69 Å². The summed E-state index contributed by atoms with van der Waals surface area (Å²) in [5.74, 6) is 0.330. The number of nitrogens with zero attached hydrogens (tertiary/aromatic N) is 3. The van der Waals surface area contributed by atoms with Gasteiger partial charge < -0.3 is 4.90 Å². The van der Waals surface area contributed by atoms with Crippen molar-refractivity contribution >= 4 is 35.4 Å². The van der Waals surface area contributed by atoms with E-state index in [9.17, 15) is 18.0 Å². The van der Waals surface area contributed by atoms with Gasteiger partial charge in [-0.05, 0) is 19.1 Å². The second kappa shape index (κ2) is 5.81. The van der Waals surface area contributed by atoms with Crippen LogP contribution >= 0.6 is 23.2 Å². The molecule has 0 fully saturated rings. The molecule has 0 atom stereocenters. The van der Waals surface area contributed by atoms with Crippen molar-refractivity contribution in [3.05, 3.63) is 39.5 Å². The van der Waals surface area contributed by atoms with Crippen LogP contribution in [-0.4, -0.2) is 23.2 Å². The first-order valence-corrected chi connectivity index (χ1v) is 6.72. The lowest BCUT2D eigenvalue weighted by Crippen LogP contribution is -2.18. The molecule has 0 saturated carbocycles. The minimum atomic E-state index is -4.56. The van der Waals surface area contributed by atoms with Gasteiger partial charge in [-0.1, -0.05) is 23.2 Å². The molecule has 118 valence electrons. The molecule has 1 aromatic heterocycles. The van der Waals surface area contributed by atoms with Crippen LogP contribution in [0.15, 0.2) is 18.2 Å². The third kappa shape index (κ3) is 3.05. The molecule has 1 aromatic carbocycles. The van der Waals surface area contributed by atoms with Gasteiger partial charge in [-0.25, -0.2) is 4.68 Å². The predicted octanol–water partition coefficient (Wildman–Crippen LogP) is 4.10. The standard InChI is InChI=1S/C13H10Cl2F3N3O/c1-7-3-11(20(2)6-22)21(19-7)12-9(14)4-8(5-10(12)15)13(16,17)18/h3-6H,1-2H3. The van der Waals surface area contributed by atoms with Gasteiger partial charge in [-0.2, -0.15) is 18.3 Å². The molecule has 1 heterocycles. The number of carbonyl (C=O) groups excluding carboxylic acids is 1. The molecule has 4 nitrogen and oxygen atoms in total. The van der Waals surface area contributed by atoms with E-state index in [1.165, 1.54) is 16.6 Å². The lowest BCUT2D eigenvalue weighted by atomic mass is 10.2. The van der Waals surface area contributed by atoms with E-state index in [1.54, 1.807) is 13.0 Å². The highest BCUT2D eigenvalue weighted by Crippen LogP contribution is 2.38. The Kier molecular flexibility index (Phi) is 4.39. The summed E-state index contributed by atoms with van der Waals surface area (Å²) >= 11 is 11.9. The summed E-state index contributed by atoms with van der Waals surface area (Å²) in [6.07, 6.45) is -4.02. The fourth-order valence-corrected chi connectivity index (χ4v) is 2.53. The Hall–Kier alpha value is -1.73. The number of anilines is 1.